The Morgan fingerprint density at radius 1 is 1.19 bits per heavy atom. The van der Waals surface area contributed by atoms with Crippen molar-refractivity contribution < 1.29 is 4.74 Å². The van der Waals surface area contributed by atoms with Crippen LogP contribution in [0.15, 0.2) is 30.5 Å². The number of pyridine rings is 2. The molecule has 0 bridgehead atoms. The van der Waals surface area contributed by atoms with E-state index in [4.69, 9.17) is 9.72 Å². The Bertz CT molecular complexity index is 820. The Morgan fingerprint density at radius 3 is 2.78 bits per heavy atom. The van der Waals surface area contributed by atoms with E-state index in [1.807, 2.05) is 24.4 Å². The molecule has 2 aromatic heterocycles. The van der Waals surface area contributed by atoms with Crippen LogP contribution in [0.5, 0.6) is 0 Å². The Morgan fingerprint density at radius 2 is 2.00 bits per heavy atom. The van der Waals surface area contributed by atoms with Crippen LogP contribution in [0.3, 0.4) is 0 Å². The lowest BCUT2D eigenvalue weighted by atomic mass is 9.94. The zero-order chi connectivity index (χ0) is 18.5. The molecule has 2 aromatic rings. The lowest BCUT2D eigenvalue weighted by molar-refractivity contribution is 0.0663. The van der Waals surface area contributed by atoms with Gasteiger partial charge in [0.1, 0.15) is 5.82 Å². The van der Waals surface area contributed by atoms with Crippen molar-refractivity contribution in [2.24, 2.45) is 5.92 Å². The molecule has 0 unspecified atom stereocenters. The van der Waals surface area contributed by atoms with E-state index in [-0.39, 0.29) is 0 Å². The summed E-state index contributed by atoms with van der Waals surface area (Å²) in [5, 5.41) is 12.8. The molecule has 6 nitrogen and oxygen atoms in total. The van der Waals surface area contributed by atoms with E-state index in [2.05, 4.69) is 27.3 Å². The molecule has 0 amide bonds. The Labute approximate surface area is 160 Å². The van der Waals surface area contributed by atoms with Gasteiger partial charge in [-0.25, -0.2) is 4.98 Å². The molecule has 6 heteroatoms. The van der Waals surface area contributed by atoms with E-state index < -0.39 is 0 Å². The summed E-state index contributed by atoms with van der Waals surface area (Å²) in [7, 11) is 0. The molecule has 27 heavy (non-hydrogen) atoms. The largest absolute Gasteiger partial charge is 0.381 e. The summed E-state index contributed by atoms with van der Waals surface area (Å²) < 4.78 is 5.46. The van der Waals surface area contributed by atoms with Crippen LogP contribution in [-0.4, -0.2) is 49.4 Å². The van der Waals surface area contributed by atoms with Crippen molar-refractivity contribution in [2.45, 2.75) is 19.3 Å². The second kappa shape index (κ2) is 8.47. The summed E-state index contributed by atoms with van der Waals surface area (Å²) in [6, 6.07) is 10.2. The SMILES string of the molecule is N#Cc1cc(-c2ccnc(CC3CCOCC3)c2)nc(N2CCNCC2)c1. The van der Waals surface area contributed by atoms with Crippen molar-refractivity contribution in [3.63, 3.8) is 0 Å². The van der Waals surface area contributed by atoms with Gasteiger partial charge in [0.2, 0.25) is 0 Å². The van der Waals surface area contributed by atoms with Gasteiger partial charge in [0, 0.05) is 56.8 Å². The third kappa shape index (κ3) is 4.44. The summed E-state index contributed by atoms with van der Waals surface area (Å²) in [6.45, 7) is 5.41. The number of nitriles is 1. The summed E-state index contributed by atoms with van der Waals surface area (Å²) >= 11 is 0. The minimum atomic E-state index is 0.635. The third-order valence-electron chi connectivity index (χ3n) is 5.33. The number of ether oxygens (including phenoxy) is 1. The summed E-state index contributed by atoms with van der Waals surface area (Å²) in [6.07, 6.45) is 5.03. The second-order valence-corrected chi connectivity index (χ2v) is 7.24. The van der Waals surface area contributed by atoms with Crippen LogP contribution in [0.1, 0.15) is 24.1 Å². The first-order chi connectivity index (χ1) is 13.3. The monoisotopic (exact) mass is 363 g/mol. The Kier molecular flexibility index (Phi) is 5.61. The predicted molar refractivity (Wildman–Crippen MR) is 105 cm³/mol. The fourth-order valence-corrected chi connectivity index (χ4v) is 3.78. The molecule has 2 aliphatic heterocycles. The molecule has 0 radical (unpaired) electrons. The maximum absolute atomic E-state index is 9.47. The topological polar surface area (TPSA) is 74.1 Å². The molecular formula is C21H25N5O. The fourth-order valence-electron chi connectivity index (χ4n) is 3.78. The van der Waals surface area contributed by atoms with Gasteiger partial charge in [-0.15, -0.1) is 0 Å². The molecular weight excluding hydrogens is 338 g/mol. The molecule has 2 fully saturated rings. The molecule has 0 aromatic carbocycles. The fraction of sp³-hybridized carbons (Fsp3) is 0.476. The zero-order valence-corrected chi connectivity index (χ0v) is 15.5. The quantitative estimate of drug-likeness (QED) is 0.899. The number of piperazine rings is 1. The van der Waals surface area contributed by atoms with Crippen LogP contribution in [0.25, 0.3) is 11.3 Å². The van der Waals surface area contributed by atoms with E-state index in [1.54, 1.807) is 0 Å². The lowest BCUT2D eigenvalue weighted by Crippen LogP contribution is -2.43. The molecule has 0 saturated carbocycles. The van der Waals surface area contributed by atoms with Gasteiger partial charge >= 0.3 is 0 Å². The van der Waals surface area contributed by atoms with Gasteiger partial charge < -0.3 is 15.0 Å². The molecule has 2 saturated heterocycles. The first-order valence-corrected chi connectivity index (χ1v) is 9.73. The molecule has 0 aliphatic carbocycles. The minimum Gasteiger partial charge on any atom is -0.381 e. The normalized spacial score (nSPS) is 18.3. The molecule has 4 rings (SSSR count). The molecule has 140 valence electrons. The Hall–Kier alpha value is -2.49. The number of nitrogens with zero attached hydrogens (tertiary/aromatic N) is 4. The van der Waals surface area contributed by atoms with E-state index in [9.17, 15) is 5.26 Å². The van der Waals surface area contributed by atoms with E-state index in [0.717, 1.165) is 81.4 Å². The molecule has 1 N–H and O–H groups in total. The predicted octanol–water partition coefficient (Wildman–Crippen LogP) is 2.39. The van der Waals surface area contributed by atoms with Crippen molar-refractivity contribution in [1.29, 1.82) is 5.26 Å². The van der Waals surface area contributed by atoms with Gasteiger partial charge in [0.25, 0.3) is 0 Å². The van der Waals surface area contributed by atoms with Crippen molar-refractivity contribution in [2.75, 3.05) is 44.3 Å². The zero-order valence-electron chi connectivity index (χ0n) is 15.5. The molecule has 0 spiro atoms. The van der Waals surface area contributed by atoms with Gasteiger partial charge in [0.05, 0.1) is 17.3 Å². The number of hydrogen-bond donors (Lipinski definition) is 1. The third-order valence-corrected chi connectivity index (χ3v) is 5.33. The highest BCUT2D eigenvalue weighted by molar-refractivity contribution is 5.64. The van der Waals surface area contributed by atoms with E-state index >= 15 is 0 Å². The average Bonchev–Trinajstić information content (AvgIpc) is 2.75. The van der Waals surface area contributed by atoms with Crippen LogP contribution in [0, 0.1) is 17.2 Å². The first kappa shape index (κ1) is 17.9. The average molecular weight is 363 g/mol. The summed E-state index contributed by atoms with van der Waals surface area (Å²) in [4.78, 5) is 11.7. The van der Waals surface area contributed by atoms with Gasteiger partial charge in [0.15, 0.2) is 0 Å². The highest BCUT2D eigenvalue weighted by Gasteiger charge is 2.17. The van der Waals surface area contributed by atoms with Gasteiger partial charge in [-0.2, -0.15) is 5.26 Å². The van der Waals surface area contributed by atoms with Crippen LogP contribution >= 0.6 is 0 Å². The van der Waals surface area contributed by atoms with Gasteiger partial charge in [-0.05, 0) is 49.4 Å². The van der Waals surface area contributed by atoms with Crippen molar-refractivity contribution in [1.82, 2.24) is 15.3 Å². The number of aromatic nitrogens is 2. The van der Waals surface area contributed by atoms with E-state index in [1.165, 1.54) is 0 Å². The highest BCUT2D eigenvalue weighted by atomic mass is 16.5. The Balaban J connectivity index is 1.60. The van der Waals surface area contributed by atoms with Crippen molar-refractivity contribution in [3.8, 4) is 17.3 Å². The number of anilines is 1. The minimum absolute atomic E-state index is 0.635. The smallest absolute Gasteiger partial charge is 0.130 e. The maximum atomic E-state index is 9.47. The maximum Gasteiger partial charge on any atom is 0.130 e. The van der Waals surface area contributed by atoms with E-state index in [0.29, 0.717) is 11.5 Å². The van der Waals surface area contributed by atoms with Crippen LogP contribution in [0.2, 0.25) is 0 Å². The van der Waals surface area contributed by atoms with Crippen molar-refractivity contribution >= 4 is 5.82 Å². The standard InChI is InChI=1S/C21H25N5O/c22-15-17-12-20(25-21(13-17)26-7-5-23-6-8-26)18-1-4-24-19(14-18)11-16-2-9-27-10-3-16/h1,4,12-14,16,23H,2-3,5-11H2. The number of hydrogen-bond acceptors (Lipinski definition) is 6. The van der Waals surface area contributed by atoms with Crippen LogP contribution < -0.4 is 10.2 Å². The highest BCUT2D eigenvalue weighted by Crippen LogP contribution is 2.25. The summed E-state index contributed by atoms with van der Waals surface area (Å²) in [5.74, 6) is 1.52. The van der Waals surface area contributed by atoms with Gasteiger partial charge in [-0.3, -0.25) is 4.98 Å². The van der Waals surface area contributed by atoms with Gasteiger partial charge in [-0.1, -0.05) is 0 Å². The van der Waals surface area contributed by atoms with Crippen LogP contribution in [-0.2, 0) is 11.2 Å². The lowest BCUT2D eigenvalue weighted by Gasteiger charge is -2.28. The van der Waals surface area contributed by atoms with Crippen molar-refractivity contribution in [3.05, 3.63) is 41.7 Å². The summed E-state index contributed by atoms with van der Waals surface area (Å²) in [5.41, 5.74) is 3.61. The first-order valence-electron chi connectivity index (χ1n) is 9.73. The molecule has 4 heterocycles. The van der Waals surface area contributed by atoms with Crippen LogP contribution in [0.4, 0.5) is 5.82 Å². The molecule has 0 atom stereocenters. The number of rotatable bonds is 4. The second-order valence-electron chi connectivity index (χ2n) is 7.24. The number of nitrogens with one attached hydrogen (secondary N) is 1. The molecule has 2 aliphatic rings.